The van der Waals surface area contributed by atoms with Gasteiger partial charge in [0.1, 0.15) is 5.82 Å². The number of hydrogen-bond donors (Lipinski definition) is 1. The fraction of sp³-hybridized carbons (Fsp3) is 0.300. The minimum Gasteiger partial charge on any atom is -0.493 e. The first-order valence-electron chi connectivity index (χ1n) is 8.46. The molecule has 0 aliphatic carbocycles. The number of benzene rings is 2. The number of nitrogens with one attached hydrogen (secondary N) is 1. The zero-order valence-electron chi connectivity index (χ0n) is 16.2. The first-order chi connectivity index (χ1) is 13.4. The second kappa shape index (κ2) is 9.59. The molecular weight excluding hydrogens is 367 g/mol. The predicted octanol–water partition coefficient (Wildman–Crippen LogP) is 2.24. The molecule has 7 nitrogen and oxygen atoms in total. The normalized spacial score (nSPS) is 10.2. The smallest absolute Gasteiger partial charge is 0.251 e. The van der Waals surface area contributed by atoms with Crippen LogP contribution in [0.25, 0.3) is 0 Å². The summed E-state index contributed by atoms with van der Waals surface area (Å²) in [5, 5.41) is 2.57. The van der Waals surface area contributed by atoms with Gasteiger partial charge in [-0.15, -0.1) is 0 Å². The van der Waals surface area contributed by atoms with E-state index in [1.165, 1.54) is 50.5 Å². The van der Waals surface area contributed by atoms with Gasteiger partial charge in [0.05, 0.1) is 27.9 Å². The van der Waals surface area contributed by atoms with E-state index >= 15 is 0 Å². The summed E-state index contributed by atoms with van der Waals surface area (Å²) < 4.78 is 28.6. The summed E-state index contributed by atoms with van der Waals surface area (Å²) in [5.74, 6) is -0.0293. The summed E-state index contributed by atoms with van der Waals surface area (Å²) in [6.45, 7) is 0.117. The fourth-order valence-corrected chi connectivity index (χ4v) is 2.56. The summed E-state index contributed by atoms with van der Waals surface area (Å²) in [6, 6.07) is 8.88. The second-order valence-corrected chi connectivity index (χ2v) is 5.97. The van der Waals surface area contributed by atoms with Gasteiger partial charge in [-0.2, -0.15) is 0 Å². The molecule has 0 fully saturated rings. The van der Waals surface area contributed by atoms with Crippen LogP contribution in [0.1, 0.15) is 15.9 Å². The van der Waals surface area contributed by atoms with Gasteiger partial charge < -0.3 is 24.4 Å². The number of amides is 2. The third-order valence-corrected chi connectivity index (χ3v) is 4.09. The van der Waals surface area contributed by atoms with E-state index in [2.05, 4.69) is 5.32 Å². The van der Waals surface area contributed by atoms with E-state index in [9.17, 15) is 14.0 Å². The number of rotatable bonds is 8. The number of carbonyl (C=O) groups excluding carboxylic acids is 2. The summed E-state index contributed by atoms with van der Waals surface area (Å²) in [5.41, 5.74) is 1.05. The number of carbonyl (C=O) groups is 2. The average molecular weight is 390 g/mol. The van der Waals surface area contributed by atoms with Crippen molar-refractivity contribution < 1.29 is 28.2 Å². The molecule has 2 amide bonds. The zero-order chi connectivity index (χ0) is 20.7. The van der Waals surface area contributed by atoms with Gasteiger partial charge in [0.15, 0.2) is 11.5 Å². The number of hydrogen-bond acceptors (Lipinski definition) is 5. The Kier molecular flexibility index (Phi) is 7.20. The first-order valence-corrected chi connectivity index (χ1v) is 8.46. The third kappa shape index (κ3) is 5.12. The maximum absolute atomic E-state index is 13.0. The molecule has 28 heavy (non-hydrogen) atoms. The lowest BCUT2D eigenvalue weighted by molar-refractivity contribution is -0.129. The monoisotopic (exact) mass is 390 g/mol. The molecule has 0 aromatic heterocycles. The predicted molar refractivity (Wildman–Crippen MR) is 101 cm³/mol. The van der Waals surface area contributed by atoms with Crippen molar-refractivity contribution >= 4 is 11.8 Å². The molecule has 0 heterocycles. The van der Waals surface area contributed by atoms with Crippen LogP contribution in [0.3, 0.4) is 0 Å². The van der Waals surface area contributed by atoms with Crippen molar-refractivity contribution in [1.29, 1.82) is 0 Å². The highest BCUT2D eigenvalue weighted by atomic mass is 19.1. The van der Waals surface area contributed by atoms with E-state index < -0.39 is 5.91 Å². The lowest BCUT2D eigenvalue weighted by atomic mass is 10.1. The molecule has 0 saturated heterocycles. The van der Waals surface area contributed by atoms with Crippen LogP contribution in [0.2, 0.25) is 0 Å². The standard InChI is InChI=1S/C20H23FN2O5/c1-23(12-13-5-7-15(21)8-6-13)18(24)11-22-20(25)14-9-16(26-2)19(28-4)17(10-14)27-3/h5-10H,11-12H2,1-4H3,(H,22,25). The molecule has 0 bridgehead atoms. The van der Waals surface area contributed by atoms with Crippen molar-refractivity contribution in [1.82, 2.24) is 10.2 Å². The highest BCUT2D eigenvalue weighted by Crippen LogP contribution is 2.38. The Labute approximate surface area is 163 Å². The summed E-state index contributed by atoms with van der Waals surface area (Å²) in [6.07, 6.45) is 0. The Bertz CT molecular complexity index is 814. The summed E-state index contributed by atoms with van der Waals surface area (Å²) >= 11 is 0. The molecule has 8 heteroatoms. The molecule has 0 spiro atoms. The molecule has 1 N–H and O–H groups in total. The van der Waals surface area contributed by atoms with Crippen molar-refractivity contribution in [3.8, 4) is 17.2 Å². The lowest BCUT2D eigenvalue weighted by Crippen LogP contribution is -2.37. The van der Waals surface area contributed by atoms with E-state index in [0.717, 1.165) is 5.56 Å². The molecule has 0 saturated carbocycles. The number of nitrogens with zero attached hydrogens (tertiary/aromatic N) is 1. The van der Waals surface area contributed by atoms with Gasteiger partial charge in [0, 0.05) is 19.2 Å². The highest BCUT2D eigenvalue weighted by Gasteiger charge is 2.18. The van der Waals surface area contributed by atoms with Crippen molar-refractivity contribution in [2.75, 3.05) is 34.9 Å². The van der Waals surface area contributed by atoms with Crippen molar-refractivity contribution in [2.45, 2.75) is 6.54 Å². The minimum atomic E-state index is -0.456. The van der Waals surface area contributed by atoms with Crippen LogP contribution in [0.15, 0.2) is 36.4 Å². The van der Waals surface area contributed by atoms with Gasteiger partial charge in [-0.25, -0.2) is 4.39 Å². The Morgan fingerprint density at radius 2 is 1.57 bits per heavy atom. The maximum Gasteiger partial charge on any atom is 0.251 e. The van der Waals surface area contributed by atoms with Gasteiger partial charge in [-0.05, 0) is 29.8 Å². The molecule has 2 aromatic rings. The zero-order valence-corrected chi connectivity index (χ0v) is 16.2. The van der Waals surface area contributed by atoms with Gasteiger partial charge in [0.25, 0.3) is 5.91 Å². The van der Waals surface area contributed by atoms with Crippen LogP contribution in [0.4, 0.5) is 4.39 Å². The number of likely N-dealkylation sites (N-methyl/N-ethyl adjacent to an activating group) is 1. The van der Waals surface area contributed by atoms with E-state index in [1.54, 1.807) is 19.2 Å². The van der Waals surface area contributed by atoms with E-state index in [0.29, 0.717) is 23.8 Å². The minimum absolute atomic E-state index is 0.187. The Morgan fingerprint density at radius 3 is 2.07 bits per heavy atom. The van der Waals surface area contributed by atoms with Gasteiger partial charge in [-0.3, -0.25) is 9.59 Å². The van der Waals surface area contributed by atoms with Gasteiger partial charge >= 0.3 is 0 Å². The molecule has 0 aliphatic rings. The van der Waals surface area contributed by atoms with Gasteiger partial charge in [-0.1, -0.05) is 12.1 Å². The van der Waals surface area contributed by atoms with Crippen molar-refractivity contribution in [2.24, 2.45) is 0 Å². The number of ether oxygens (including phenoxy) is 3. The fourth-order valence-electron chi connectivity index (χ4n) is 2.56. The van der Waals surface area contributed by atoms with Crippen LogP contribution in [-0.2, 0) is 11.3 Å². The molecule has 0 atom stereocenters. The summed E-state index contributed by atoms with van der Waals surface area (Å²) in [7, 11) is 5.98. The average Bonchev–Trinajstić information content (AvgIpc) is 2.71. The van der Waals surface area contributed by atoms with Crippen LogP contribution in [0, 0.1) is 5.82 Å². The van der Waals surface area contributed by atoms with E-state index in [4.69, 9.17) is 14.2 Å². The molecule has 0 radical (unpaired) electrons. The van der Waals surface area contributed by atoms with Crippen LogP contribution in [-0.4, -0.2) is 51.6 Å². The maximum atomic E-state index is 13.0. The quantitative estimate of drug-likeness (QED) is 0.748. The van der Waals surface area contributed by atoms with Crippen LogP contribution in [0.5, 0.6) is 17.2 Å². The van der Waals surface area contributed by atoms with E-state index in [1.807, 2.05) is 0 Å². The van der Waals surface area contributed by atoms with E-state index in [-0.39, 0.29) is 23.8 Å². The molecular formula is C20H23FN2O5. The SMILES string of the molecule is COc1cc(C(=O)NCC(=O)N(C)Cc2ccc(F)cc2)cc(OC)c1OC. The Hall–Kier alpha value is -3.29. The summed E-state index contributed by atoms with van der Waals surface area (Å²) in [4.78, 5) is 26.1. The largest absolute Gasteiger partial charge is 0.493 e. The number of methoxy groups -OCH3 is 3. The number of halogens is 1. The van der Waals surface area contributed by atoms with Crippen LogP contribution < -0.4 is 19.5 Å². The third-order valence-electron chi connectivity index (χ3n) is 4.09. The Balaban J connectivity index is 2.00. The van der Waals surface area contributed by atoms with Crippen molar-refractivity contribution in [3.05, 3.63) is 53.3 Å². The molecule has 0 unspecified atom stereocenters. The van der Waals surface area contributed by atoms with Crippen molar-refractivity contribution in [3.63, 3.8) is 0 Å². The highest BCUT2D eigenvalue weighted by molar-refractivity contribution is 5.97. The first kappa shape index (κ1) is 21.0. The van der Waals surface area contributed by atoms with Gasteiger partial charge in [0.2, 0.25) is 11.7 Å². The molecule has 0 aliphatic heterocycles. The molecule has 2 rings (SSSR count). The second-order valence-electron chi connectivity index (χ2n) is 5.97. The Morgan fingerprint density at radius 1 is 1.00 bits per heavy atom. The topological polar surface area (TPSA) is 77.1 Å². The molecule has 150 valence electrons. The molecule has 2 aromatic carbocycles. The van der Waals surface area contributed by atoms with Crippen LogP contribution >= 0.6 is 0 Å². The lowest BCUT2D eigenvalue weighted by Gasteiger charge is -2.18.